The van der Waals surface area contributed by atoms with E-state index in [1.54, 1.807) is 7.11 Å². The van der Waals surface area contributed by atoms with Gasteiger partial charge in [-0.15, -0.1) is 10.2 Å². The number of primary amides is 1. The van der Waals surface area contributed by atoms with Crippen molar-refractivity contribution in [2.24, 2.45) is 5.73 Å². The number of carbonyl (C=O) groups excluding carboxylic acids is 1. The summed E-state index contributed by atoms with van der Waals surface area (Å²) in [5, 5.41) is 11.0. The average Bonchev–Trinajstić information content (AvgIpc) is 2.94. The molecule has 0 unspecified atom stereocenters. The van der Waals surface area contributed by atoms with Gasteiger partial charge >= 0.3 is 0 Å². The van der Waals surface area contributed by atoms with Crippen molar-refractivity contribution in [2.45, 2.75) is 9.59 Å². The van der Waals surface area contributed by atoms with E-state index >= 15 is 0 Å². The summed E-state index contributed by atoms with van der Waals surface area (Å²) >= 11 is 2.51. The number of benzene rings is 1. The Bertz CT molecular complexity index is 621. The number of halogens is 1. The molecule has 0 aliphatic heterocycles. The number of anilines is 1. The predicted octanol–water partition coefficient (Wildman–Crippen LogP) is 2.05. The van der Waals surface area contributed by atoms with Crippen LogP contribution in [-0.4, -0.2) is 36.4 Å². The van der Waals surface area contributed by atoms with Crippen LogP contribution in [0.2, 0.25) is 0 Å². The molecule has 1 heterocycles. The van der Waals surface area contributed by atoms with Crippen LogP contribution in [-0.2, 0) is 9.53 Å². The van der Waals surface area contributed by atoms with Gasteiger partial charge in [0.25, 0.3) is 0 Å². The van der Waals surface area contributed by atoms with E-state index in [0.29, 0.717) is 28.2 Å². The normalized spacial score (nSPS) is 12.1. The number of carbonyl (C=O) groups is 1. The number of nitrogens with two attached hydrogens (primary N) is 1. The van der Waals surface area contributed by atoms with E-state index in [-0.39, 0.29) is 5.82 Å². The lowest BCUT2D eigenvalue weighted by atomic mass is 10.1. The number of thioether (sulfide) groups is 1. The Labute approximate surface area is 135 Å². The van der Waals surface area contributed by atoms with Crippen molar-refractivity contribution in [1.82, 2.24) is 10.2 Å². The van der Waals surface area contributed by atoms with Gasteiger partial charge in [0.15, 0.2) is 4.34 Å². The summed E-state index contributed by atoms with van der Waals surface area (Å²) in [6.07, 6.45) is 0. The number of hydrogen-bond acceptors (Lipinski definition) is 7. The van der Waals surface area contributed by atoms with Crippen LogP contribution in [0.1, 0.15) is 10.8 Å². The van der Waals surface area contributed by atoms with Gasteiger partial charge in [0, 0.05) is 13.7 Å². The average molecular weight is 342 g/mol. The highest BCUT2D eigenvalue weighted by molar-refractivity contribution is 8.01. The summed E-state index contributed by atoms with van der Waals surface area (Å²) < 4.78 is 18.5. The van der Waals surface area contributed by atoms with Crippen molar-refractivity contribution in [3.8, 4) is 0 Å². The van der Waals surface area contributed by atoms with Gasteiger partial charge in [-0.3, -0.25) is 4.79 Å². The predicted molar refractivity (Wildman–Crippen MR) is 84.5 cm³/mol. The van der Waals surface area contributed by atoms with Crippen LogP contribution in [0.25, 0.3) is 0 Å². The van der Waals surface area contributed by atoms with Crippen LogP contribution in [0.3, 0.4) is 0 Å². The van der Waals surface area contributed by atoms with Gasteiger partial charge in [-0.1, -0.05) is 35.2 Å². The minimum absolute atomic E-state index is 0.363. The molecule has 1 aromatic carbocycles. The molecule has 0 spiro atoms. The molecule has 0 saturated heterocycles. The first-order chi connectivity index (χ1) is 10.6. The van der Waals surface area contributed by atoms with E-state index in [2.05, 4.69) is 15.5 Å². The maximum atomic E-state index is 13.0. The van der Waals surface area contributed by atoms with Crippen molar-refractivity contribution in [2.75, 3.05) is 25.6 Å². The van der Waals surface area contributed by atoms with Crippen LogP contribution in [0.15, 0.2) is 28.6 Å². The number of rotatable bonds is 8. The molecule has 0 bridgehead atoms. The highest BCUT2D eigenvalue weighted by Gasteiger charge is 2.21. The van der Waals surface area contributed by atoms with E-state index < -0.39 is 11.2 Å². The quantitative estimate of drug-likeness (QED) is 0.564. The maximum Gasteiger partial charge on any atom is 0.235 e. The molecule has 22 heavy (non-hydrogen) atoms. The molecule has 0 aliphatic rings. The lowest BCUT2D eigenvalue weighted by Gasteiger charge is -2.11. The van der Waals surface area contributed by atoms with Gasteiger partial charge in [-0.25, -0.2) is 4.39 Å². The van der Waals surface area contributed by atoms with Crippen molar-refractivity contribution < 1.29 is 13.9 Å². The molecule has 1 aromatic heterocycles. The number of ether oxygens (including phenoxy) is 1. The maximum absolute atomic E-state index is 13.0. The van der Waals surface area contributed by atoms with Crippen LogP contribution in [0, 0.1) is 5.82 Å². The minimum atomic E-state index is -0.639. The number of aromatic nitrogens is 2. The van der Waals surface area contributed by atoms with Crippen LogP contribution >= 0.6 is 23.1 Å². The van der Waals surface area contributed by atoms with Crippen molar-refractivity contribution in [3.05, 3.63) is 35.6 Å². The Morgan fingerprint density at radius 3 is 2.82 bits per heavy atom. The molecule has 1 atom stereocenters. The number of nitrogens with zero attached hydrogens (tertiary/aromatic N) is 2. The number of nitrogens with one attached hydrogen (secondary N) is 1. The summed E-state index contributed by atoms with van der Waals surface area (Å²) in [6.45, 7) is 1.18. The second-order valence-corrected chi connectivity index (χ2v) is 6.57. The Morgan fingerprint density at radius 2 is 2.18 bits per heavy atom. The van der Waals surface area contributed by atoms with Crippen molar-refractivity contribution >= 4 is 34.1 Å². The fourth-order valence-corrected chi connectivity index (χ4v) is 3.54. The van der Waals surface area contributed by atoms with E-state index in [9.17, 15) is 9.18 Å². The zero-order valence-electron chi connectivity index (χ0n) is 11.8. The van der Waals surface area contributed by atoms with Gasteiger partial charge < -0.3 is 15.8 Å². The molecule has 0 fully saturated rings. The molecule has 3 N–H and O–H groups in total. The SMILES string of the molecule is COCCNc1nnc(S[C@@H](C(N)=O)c2ccc(F)cc2)s1. The molecule has 2 rings (SSSR count). The monoisotopic (exact) mass is 342 g/mol. The first kappa shape index (κ1) is 16.7. The second-order valence-electron chi connectivity index (χ2n) is 4.24. The number of methoxy groups -OCH3 is 1. The van der Waals surface area contributed by atoms with Gasteiger partial charge in [-0.2, -0.15) is 0 Å². The van der Waals surface area contributed by atoms with Crippen LogP contribution in [0.5, 0.6) is 0 Å². The third-order valence-corrected chi connectivity index (χ3v) is 4.88. The summed E-state index contributed by atoms with van der Waals surface area (Å²) in [7, 11) is 1.61. The molecule has 0 radical (unpaired) electrons. The molecule has 1 amide bonds. The summed E-state index contributed by atoms with van der Waals surface area (Å²) in [4.78, 5) is 11.6. The zero-order chi connectivity index (χ0) is 15.9. The molecule has 118 valence electrons. The second kappa shape index (κ2) is 8.06. The third kappa shape index (κ3) is 4.65. The Hall–Kier alpha value is -1.71. The molecule has 0 aliphatic carbocycles. The summed E-state index contributed by atoms with van der Waals surface area (Å²) in [5.74, 6) is -0.877. The van der Waals surface area contributed by atoms with Crippen LogP contribution < -0.4 is 11.1 Å². The molecule has 9 heteroatoms. The zero-order valence-corrected chi connectivity index (χ0v) is 13.4. The first-order valence-electron chi connectivity index (χ1n) is 6.38. The van der Waals surface area contributed by atoms with E-state index in [1.165, 1.54) is 47.4 Å². The summed E-state index contributed by atoms with van der Waals surface area (Å²) in [5.41, 5.74) is 6.06. The van der Waals surface area contributed by atoms with Gasteiger partial charge in [-0.05, 0) is 17.7 Å². The van der Waals surface area contributed by atoms with Crippen LogP contribution in [0.4, 0.5) is 9.52 Å². The smallest absolute Gasteiger partial charge is 0.235 e. The number of amides is 1. The van der Waals surface area contributed by atoms with Gasteiger partial charge in [0.05, 0.1) is 6.61 Å². The third-order valence-electron chi connectivity index (χ3n) is 2.64. The first-order valence-corrected chi connectivity index (χ1v) is 8.07. The van der Waals surface area contributed by atoms with Gasteiger partial charge in [0.2, 0.25) is 11.0 Å². The Kier molecular flexibility index (Phi) is 6.10. The summed E-state index contributed by atoms with van der Waals surface area (Å²) in [6, 6.07) is 5.67. The van der Waals surface area contributed by atoms with Crippen molar-refractivity contribution in [3.63, 3.8) is 0 Å². The fourth-order valence-electron chi connectivity index (χ4n) is 1.62. The topological polar surface area (TPSA) is 90.1 Å². The fraction of sp³-hybridized carbons (Fsp3) is 0.308. The molecular formula is C13H15FN4O2S2. The van der Waals surface area contributed by atoms with E-state index in [4.69, 9.17) is 10.5 Å². The molecular weight excluding hydrogens is 327 g/mol. The van der Waals surface area contributed by atoms with Crippen molar-refractivity contribution in [1.29, 1.82) is 0 Å². The Balaban J connectivity index is 2.05. The largest absolute Gasteiger partial charge is 0.383 e. The van der Waals surface area contributed by atoms with Gasteiger partial charge in [0.1, 0.15) is 11.1 Å². The Morgan fingerprint density at radius 1 is 1.45 bits per heavy atom. The highest BCUT2D eigenvalue weighted by Crippen LogP contribution is 2.37. The minimum Gasteiger partial charge on any atom is -0.383 e. The molecule has 6 nitrogen and oxygen atoms in total. The van der Waals surface area contributed by atoms with E-state index in [1.807, 2.05) is 0 Å². The lowest BCUT2D eigenvalue weighted by molar-refractivity contribution is -0.117. The lowest BCUT2D eigenvalue weighted by Crippen LogP contribution is -2.18. The highest BCUT2D eigenvalue weighted by atomic mass is 32.2. The molecule has 0 saturated carbocycles. The van der Waals surface area contributed by atoms with E-state index in [0.717, 1.165) is 0 Å². The standard InChI is InChI=1S/C13H15FN4O2S2/c1-20-7-6-16-12-17-18-13(22-12)21-10(11(15)19)8-2-4-9(14)5-3-8/h2-5,10H,6-7H2,1H3,(H2,15,19)(H,16,17)/t10-/m1/s1. The number of hydrogen-bond donors (Lipinski definition) is 2. The molecule has 2 aromatic rings.